The monoisotopic (exact) mass is 257 g/mol. The van der Waals surface area contributed by atoms with Gasteiger partial charge in [0, 0.05) is 22.6 Å². The summed E-state index contributed by atoms with van der Waals surface area (Å²) in [4.78, 5) is 0. The zero-order valence-electron chi connectivity index (χ0n) is 9.85. The van der Waals surface area contributed by atoms with Crippen LogP contribution >= 0.6 is 23.2 Å². The molecule has 0 aliphatic carbocycles. The molecule has 0 radical (unpaired) electrons. The molecule has 1 aromatic carbocycles. The summed E-state index contributed by atoms with van der Waals surface area (Å²) in [5, 5.41) is 4.85. The molecule has 1 nitrogen and oxygen atoms in total. The zero-order chi connectivity index (χ0) is 12.1. The average Bonchev–Trinajstić information content (AvgIpc) is 2.21. The highest BCUT2D eigenvalue weighted by molar-refractivity contribution is 6.33. The van der Waals surface area contributed by atoms with E-state index < -0.39 is 0 Å². The molecular weight excluding hydrogens is 241 g/mol. The van der Waals surface area contributed by atoms with Crippen LogP contribution in [0.15, 0.2) is 29.8 Å². The van der Waals surface area contributed by atoms with Crippen LogP contribution in [-0.2, 0) is 0 Å². The Bertz CT molecular complexity index is 382. The molecule has 0 aliphatic heterocycles. The molecule has 0 amide bonds. The van der Waals surface area contributed by atoms with Gasteiger partial charge in [-0.3, -0.25) is 0 Å². The molecule has 16 heavy (non-hydrogen) atoms. The number of allylic oxidation sites excluding steroid dienone is 1. The summed E-state index contributed by atoms with van der Waals surface area (Å²) in [7, 11) is 0. The molecular formula is C13H17Cl2N. The SMILES string of the molecule is CC(C)=CCNC(C)c1cc(Cl)ccc1Cl. The van der Waals surface area contributed by atoms with E-state index in [9.17, 15) is 0 Å². The molecule has 0 spiro atoms. The molecule has 0 fully saturated rings. The van der Waals surface area contributed by atoms with E-state index in [-0.39, 0.29) is 6.04 Å². The summed E-state index contributed by atoms with van der Waals surface area (Å²) in [6, 6.07) is 5.74. The Balaban J connectivity index is 2.69. The van der Waals surface area contributed by atoms with Crippen molar-refractivity contribution in [3.8, 4) is 0 Å². The Kier molecular flexibility index (Phi) is 5.33. The van der Waals surface area contributed by atoms with Gasteiger partial charge in [0.25, 0.3) is 0 Å². The molecule has 1 N–H and O–H groups in total. The molecule has 0 saturated carbocycles. The lowest BCUT2D eigenvalue weighted by atomic mass is 10.1. The van der Waals surface area contributed by atoms with E-state index in [0.29, 0.717) is 0 Å². The fourth-order valence-electron chi connectivity index (χ4n) is 1.40. The Labute approximate surface area is 107 Å². The lowest BCUT2D eigenvalue weighted by Gasteiger charge is -2.15. The standard InChI is InChI=1S/C13H17Cl2N/c1-9(2)6-7-16-10(3)12-8-11(14)4-5-13(12)15/h4-6,8,10,16H,7H2,1-3H3. The lowest BCUT2D eigenvalue weighted by Crippen LogP contribution is -2.19. The molecule has 88 valence electrons. The largest absolute Gasteiger partial charge is 0.307 e. The van der Waals surface area contributed by atoms with Crippen LogP contribution in [0.3, 0.4) is 0 Å². The summed E-state index contributed by atoms with van der Waals surface area (Å²) in [5.74, 6) is 0. The number of nitrogens with one attached hydrogen (secondary N) is 1. The van der Waals surface area contributed by atoms with Gasteiger partial charge in [0.05, 0.1) is 0 Å². The van der Waals surface area contributed by atoms with Crippen molar-refractivity contribution in [2.45, 2.75) is 26.8 Å². The third-order valence-electron chi connectivity index (χ3n) is 2.36. The van der Waals surface area contributed by atoms with Crippen LogP contribution in [0.4, 0.5) is 0 Å². The smallest absolute Gasteiger partial charge is 0.0454 e. The van der Waals surface area contributed by atoms with Crippen molar-refractivity contribution in [1.82, 2.24) is 5.32 Å². The van der Waals surface area contributed by atoms with Gasteiger partial charge in [0.1, 0.15) is 0 Å². The third kappa shape index (κ3) is 4.17. The maximum Gasteiger partial charge on any atom is 0.0454 e. The Hall–Kier alpha value is -0.500. The van der Waals surface area contributed by atoms with Gasteiger partial charge in [-0.1, -0.05) is 34.9 Å². The first-order chi connectivity index (χ1) is 7.50. The van der Waals surface area contributed by atoms with E-state index in [0.717, 1.165) is 22.2 Å². The van der Waals surface area contributed by atoms with Crippen molar-refractivity contribution in [3.63, 3.8) is 0 Å². The van der Waals surface area contributed by atoms with Gasteiger partial charge < -0.3 is 5.32 Å². The first-order valence-electron chi connectivity index (χ1n) is 5.32. The Morgan fingerprint density at radius 1 is 1.38 bits per heavy atom. The van der Waals surface area contributed by atoms with Crippen LogP contribution < -0.4 is 5.32 Å². The van der Waals surface area contributed by atoms with E-state index in [1.807, 2.05) is 12.1 Å². The summed E-state index contributed by atoms with van der Waals surface area (Å²) in [6.07, 6.45) is 2.15. The minimum absolute atomic E-state index is 0.196. The van der Waals surface area contributed by atoms with Gasteiger partial charge in [0.15, 0.2) is 0 Å². The number of hydrogen-bond donors (Lipinski definition) is 1. The molecule has 1 atom stereocenters. The van der Waals surface area contributed by atoms with Crippen molar-refractivity contribution >= 4 is 23.2 Å². The molecule has 1 unspecified atom stereocenters. The van der Waals surface area contributed by atoms with Gasteiger partial charge in [-0.15, -0.1) is 0 Å². The number of hydrogen-bond acceptors (Lipinski definition) is 1. The molecule has 0 aromatic heterocycles. The van der Waals surface area contributed by atoms with E-state index in [2.05, 4.69) is 32.2 Å². The summed E-state index contributed by atoms with van der Waals surface area (Å²) < 4.78 is 0. The van der Waals surface area contributed by atoms with Crippen LogP contribution in [-0.4, -0.2) is 6.54 Å². The van der Waals surface area contributed by atoms with E-state index in [1.54, 1.807) is 6.07 Å². The molecule has 3 heteroatoms. The van der Waals surface area contributed by atoms with Crippen LogP contribution in [0.1, 0.15) is 32.4 Å². The molecule has 1 rings (SSSR count). The molecule has 0 heterocycles. The van der Waals surface area contributed by atoms with Crippen molar-refractivity contribution in [2.75, 3.05) is 6.54 Å². The number of rotatable bonds is 4. The fourth-order valence-corrected chi connectivity index (χ4v) is 1.86. The highest BCUT2D eigenvalue weighted by Crippen LogP contribution is 2.25. The second-order valence-electron chi connectivity index (χ2n) is 4.08. The van der Waals surface area contributed by atoms with Gasteiger partial charge in [-0.05, 0) is 44.5 Å². The van der Waals surface area contributed by atoms with Gasteiger partial charge in [0.2, 0.25) is 0 Å². The summed E-state index contributed by atoms with van der Waals surface area (Å²) in [6.45, 7) is 7.08. The molecule has 0 bridgehead atoms. The summed E-state index contributed by atoms with van der Waals surface area (Å²) >= 11 is 12.1. The van der Waals surface area contributed by atoms with Crippen LogP contribution in [0, 0.1) is 0 Å². The van der Waals surface area contributed by atoms with Crippen molar-refractivity contribution in [2.24, 2.45) is 0 Å². The first-order valence-corrected chi connectivity index (χ1v) is 6.08. The van der Waals surface area contributed by atoms with Crippen molar-refractivity contribution in [3.05, 3.63) is 45.5 Å². The molecule has 0 saturated heterocycles. The second kappa shape index (κ2) is 6.29. The fraction of sp³-hybridized carbons (Fsp3) is 0.385. The third-order valence-corrected chi connectivity index (χ3v) is 2.94. The van der Waals surface area contributed by atoms with Crippen LogP contribution in [0.5, 0.6) is 0 Å². The Morgan fingerprint density at radius 3 is 2.69 bits per heavy atom. The maximum atomic E-state index is 6.12. The topological polar surface area (TPSA) is 12.0 Å². The second-order valence-corrected chi connectivity index (χ2v) is 4.92. The van der Waals surface area contributed by atoms with Gasteiger partial charge in [-0.25, -0.2) is 0 Å². The van der Waals surface area contributed by atoms with Crippen molar-refractivity contribution < 1.29 is 0 Å². The van der Waals surface area contributed by atoms with E-state index >= 15 is 0 Å². The predicted molar refractivity (Wildman–Crippen MR) is 72.3 cm³/mol. The van der Waals surface area contributed by atoms with Crippen molar-refractivity contribution in [1.29, 1.82) is 0 Å². The van der Waals surface area contributed by atoms with E-state index in [4.69, 9.17) is 23.2 Å². The zero-order valence-corrected chi connectivity index (χ0v) is 11.4. The minimum atomic E-state index is 0.196. The number of halogens is 2. The average molecular weight is 258 g/mol. The Morgan fingerprint density at radius 2 is 2.06 bits per heavy atom. The predicted octanol–water partition coefficient (Wildman–Crippen LogP) is 4.61. The maximum absolute atomic E-state index is 6.12. The van der Waals surface area contributed by atoms with Crippen LogP contribution in [0.25, 0.3) is 0 Å². The highest BCUT2D eigenvalue weighted by Gasteiger charge is 2.08. The van der Waals surface area contributed by atoms with Gasteiger partial charge in [-0.2, -0.15) is 0 Å². The summed E-state index contributed by atoms with van der Waals surface area (Å²) in [5.41, 5.74) is 2.34. The normalized spacial score (nSPS) is 12.3. The first kappa shape index (κ1) is 13.6. The number of benzene rings is 1. The van der Waals surface area contributed by atoms with Gasteiger partial charge >= 0.3 is 0 Å². The quantitative estimate of drug-likeness (QED) is 0.777. The molecule has 0 aliphatic rings. The molecule has 1 aromatic rings. The van der Waals surface area contributed by atoms with Crippen LogP contribution in [0.2, 0.25) is 10.0 Å². The van der Waals surface area contributed by atoms with E-state index in [1.165, 1.54) is 5.57 Å². The highest BCUT2D eigenvalue weighted by atomic mass is 35.5. The minimum Gasteiger partial charge on any atom is -0.307 e. The lowest BCUT2D eigenvalue weighted by molar-refractivity contribution is 0.616.